The zero-order valence-electron chi connectivity index (χ0n) is 9.19. The molecule has 0 aliphatic rings. The summed E-state index contributed by atoms with van der Waals surface area (Å²) >= 11 is 0. The van der Waals surface area contributed by atoms with Crippen LogP contribution in [0.15, 0.2) is 11.8 Å². The molecule has 0 aliphatic carbocycles. The molecule has 3 nitrogen and oxygen atoms in total. The first-order valence-electron chi connectivity index (χ1n) is 4.59. The van der Waals surface area contributed by atoms with Gasteiger partial charge in [0, 0.05) is 12.7 Å². The van der Waals surface area contributed by atoms with Crippen LogP contribution in [0, 0.1) is 5.41 Å². The maximum Gasteiger partial charge on any atom is 0.318 e. The summed E-state index contributed by atoms with van der Waals surface area (Å²) in [6.45, 7) is 10.9. The van der Waals surface area contributed by atoms with Crippen molar-refractivity contribution in [2.24, 2.45) is 5.41 Å². The van der Waals surface area contributed by atoms with Crippen LogP contribution in [0.25, 0.3) is 0 Å². The minimum atomic E-state index is -0.147. The molecule has 13 heavy (non-hydrogen) atoms. The third-order valence-corrected chi connectivity index (χ3v) is 1.94. The second-order valence-electron chi connectivity index (χ2n) is 4.08. The molecule has 0 saturated carbocycles. The first kappa shape index (κ1) is 12.0. The lowest BCUT2D eigenvalue weighted by molar-refractivity contribution is 0.244. The fraction of sp³-hybridized carbons (Fsp3) is 0.700. The van der Waals surface area contributed by atoms with Gasteiger partial charge in [-0.25, -0.2) is 4.79 Å². The Kier molecular flexibility index (Phi) is 4.52. The third kappa shape index (κ3) is 5.28. The van der Waals surface area contributed by atoms with Crippen molar-refractivity contribution >= 4 is 6.03 Å². The lowest BCUT2D eigenvalue weighted by Gasteiger charge is -2.19. The largest absolute Gasteiger partial charge is 0.338 e. The predicted molar refractivity (Wildman–Crippen MR) is 55.4 cm³/mol. The quantitative estimate of drug-likeness (QED) is 0.679. The number of hydrogen-bond donors (Lipinski definition) is 2. The van der Waals surface area contributed by atoms with Gasteiger partial charge < -0.3 is 10.6 Å². The Morgan fingerprint density at radius 1 is 1.38 bits per heavy atom. The summed E-state index contributed by atoms with van der Waals surface area (Å²) in [5.74, 6) is 0. The molecule has 76 valence electrons. The minimum Gasteiger partial charge on any atom is -0.338 e. The molecule has 0 aromatic carbocycles. The highest BCUT2D eigenvalue weighted by Crippen LogP contribution is 2.23. The summed E-state index contributed by atoms with van der Waals surface area (Å²) in [5.41, 5.74) is 1.26. The van der Waals surface area contributed by atoms with E-state index in [0.29, 0.717) is 6.54 Å². The molecule has 0 atom stereocenters. The van der Waals surface area contributed by atoms with Crippen molar-refractivity contribution in [3.05, 3.63) is 11.8 Å². The van der Waals surface area contributed by atoms with Crippen LogP contribution in [0.5, 0.6) is 0 Å². The van der Waals surface area contributed by atoms with Crippen molar-refractivity contribution in [2.45, 2.75) is 34.6 Å². The minimum absolute atomic E-state index is 0.111. The van der Waals surface area contributed by atoms with Crippen molar-refractivity contribution in [1.82, 2.24) is 10.6 Å². The predicted octanol–water partition coefficient (Wildman–Crippen LogP) is 2.26. The van der Waals surface area contributed by atoms with Crippen LogP contribution in [-0.4, -0.2) is 12.6 Å². The van der Waals surface area contributed by atoms with E-state index < -0.39 is 0 Å². The van der Waals surface area contributed by atoms with Crippen molar-refractivity contribution in [2.75, 3.05) is 6.54 Å². The third-order valence-electron chi connectivity index (χ3n) is 1.94. The van der Waals surface area contributed by atoms with Gasteiger partial charge >= 0.3 is 6.03 Å². The number of urea groups is 1. The average molecular weight is 184 g/mol. The zero-order chi connectivity index (χ0) is 10.5. The molecule has 0 saturated heterocycles. The highest BCUT2D eigenvalue weighted by Gasteiger charge is 2.12. The standard InChI is InChI=1S/C10H20N2O/c1-6-11-9(13)12-7-8(2)10(3,4)5/h7H,6H2,1-5H3,(H2,11,12,13)/b8-7+. The molecule has 0 bridgehead atoms. The number of nitrogens with one attached hydrogen (secondary N) is 2. The van der Waals surface area contributed by atoms with E-state index in [-0.39, 0.29) is 11.4 Å². The van der Waals surface area contributed by atoms with E-state index in [2.05, 4.69) is 31.4 Å². The van der Waals surface area contributed by atoms with E-state index in [0.717, 1.165) is 5.57 Å². The fourth-order valence-corrected chi connectivity index (χ4v) is 0.602. The Bertz CT molecular complexity index is 201. The fourth-order valence-electron chi connectivity index (χ4n) is 0.602. The van der Waals surface area contributed by atoms with Crippen LogP contribution in [0.2, 0.25) is 0 Å². The summed E-state index contributed by atoms with van der Waals surface area (Å²) < 4.78 is 0. The molecule has 0 rings (SSSR count). The van der Waals surface area contributed by atoms with Crippen molar-refractivity contribution < 1.29 is 4.79 Å². The molecule has 0 aliphatic heterocycles. The molecule has 0 radical (unpaired) electrons. The monoisotopic (exact) mass is 184 g/mol. The number of allylic oxidation sites excluding steroid dienone is 1. The Balaban J connectivity index is 4.05. The van der Waals surface area contributed by atoms with Crippen molar-refractivity contribution in [3.8, 4) is 0 Å². The molecule has 0 unspecified atom stereocenters. The van der Waals surface area contributed by atoms with Crippen LogP contribution in [0.3, 0.4) is 0 Å². The van der Waals surface area contributed by atoms with Gasteiger partial charge in [-0.05, 0) is 19.3 Å². The van der Waals surface area contributed by atoms with Gasteiger partial charge in [0.05, 0.1) is 0 Å². The van der Waals surface area contributed by atoms with Gasteiger partial charge in [-0.1, -0.05) is 26.3 Å². The van der Waals surface area contributed by atoms with Gasteiger partial charge in [-0.3, -0.25) is 0 Å². The molecule has 2 N–H and O–H groups in total. The highest BCUT2D eigenvalue weighted by molar-refractivity contribution is 5.74. The number of rotatable bonds is 2. The van der Waals surface area contributed by atoms with E-state index >= 15 is 0 Å². The van der Waals surface area contributed by atoms with Crippen molar-refractivity contribution in [1.29, 1.82) is 0 Å². The van der Waals surface area contributed by atoms with Gasteiger partial charge in [0.25, 0.3) is 0 Å². The second kappa shape index (κ2) is 4.90. The van der Waals surface area contributed by atoms with E-state index in [1.807, 2.05) is 13.8 Å². The van der Waals surface area contributed by atoms with E-state index in [1.54, 1.807) is 6.20 Å². The Labute approximate surface area is 80.6 Å². The lowest BCUT2D eigenvalue weighted by atomic mass is 9.88. The summed E-state index contributed by atoms with van der Waals surface area (Å²) in [6.07, 6.45) is 1.75. The number of carbonyl (C=O) groups is 1. The number of amides is 2. The van der Waals surface area contributed by atoms with E-state index in [1.165, 1.54) is 0 Å². The van der Waals surface area contributed by atoms with Gasteiger partial charge in [0.15, 0.2) is 0 Å². The summed E-state index contributed by atoms with van der Waals surface area (Å²) in [5, 5.41) is 5.34. The maximum absolute atomic E-state index is 11.0. The van der Waals surface area contributed by atoms with Crippen LogP contribution in [0.1, 0.15) is 34.6 Å². The topological polar surface area (TPSA) is 41.1 Å². The normalized spacial score (nSPS) is 12.5. The van der Waals surface area contributed by atoms with Gasteiger partial charge in [0.1, 0.15) is 0 Å². The molecule has 0 aromatic heterocycles. The summed E-state index contributed by atoms with van der Waals surface area (Å²) in [7, 11) is 0. The first-order valence-corrected chi connectivity index (χ1v) is 4.59. The Hall–Kier alpha value is -0.990. The Morgan fingerprint density at radius 3 is 2.31 bits per heavy atom. The van der Waals surface area contributed by atoms with E-state index in [4.69, 9.17) is 0 Å². The summed E-state index contributed by atoms with van der Waals surface area (Å²) in [6, 6.07) is -0.147. The van der Waals surface area contributed by atoms with Crippen LogP contribution in [0.4, 0.5) is 4.79 Å². The maximum atomic E-state index is 11.0. The molecule has 0 heterocycles. The molecule has 0 aromatic rings. The number of carbonyl (C=O) groups excluding carboxylic acids is 1. The molecule has 0 spiro atoms. The van der Waals surface area contributed by atoms with Gasteiger partial charge in [-0.15, -0.1) is 0 Å². The average Bonchev–Trinajstić information content (AvgIpc) is 1.99. The zero-order valence-corrected chi connectivity index (χ0v) is 9.19. The molecule has 3 heteroatoms. The molecular weight excluding hydrogens is 164 g/mol. The molecular formula is C10H20N2O. The van der Waals surface area contributed by atoms with Crippen LogP contribution >= 0.6 is 0 Å². The van der Waals surface area contributed by atoms with Gasteiger partial charge in [-0.2, -0.15) is 0 Å². The summed E-state index contributed by atoms with van der Waals surface area (Å²) in [4.78, 5) is 11.0. The van der Waals surface area contributed by atoms with Crippen LogP contribution < -0.4 is 10.6 Å². The lowest BCUT2D eigenvalue weighted by Crippen LogP contribution is -2.32. The second-order valence-corrected chi connectivity index (χ2v) is 4.08. The highest BCUT2D eigenvalue weighted by atomic mass is 16.2. The molecule has 2 amide bonds. The number of hydrogen-bond acceptors (Lipinski definition) is 1. The van der Waals surface area contributed by atoms with Crippen molar-refractivity contribution in [3.63, 3.8) is 0 Å². The van der Waals surface area contributed by atoms with Gasteiger partial charge in [0.2, 0.25) is 0 Å². The smallest absolute Gasteiger partial charge is 0.318 e. The molecule has 0 fully saturated rings. The van der Waals surface area contributed by atoms with Crippen LogP contribution in [-0.2, 0) is 0 Å². The first-order chi connectivity index (χ1) is 5.88. The van der Waals surface area contributed by atoms with E-state index in [9.17, 15) is 4.79 Å². The Morgan fingerprint density at radius 2 is 1.92 bits per heavy atom. The SMILES string of the molecule is CCNC(=O)N/C=C(\C)C(C)(C)C.